The Morgan fingerprint density at radius 2 is 2.00 bits per heavy atom. The van der Waals surface area contributed by atoms with Gasteiger partial charge in [0, 0.05) is 44.4 Å². The van der Waals surface area contributed by atoms with Gasteiger partial charge in [-0.05, 0) is 31.8 Å². The number of nitrogens with zero attached hydrogens (tertiary/aromatic N) is 3. The highest BCUT2D eigenvalue weighted by Crippen LogP contribution is 2.36. The molecule has 5 nitrogen and oxygen atoms in total. The van der Waals surface area contributed by atoms with E-state index in [2.05, 4.69) is 35.8 Å². The van der Waals surface area contributed by atoms with Gasteiger partial charge in [0.1, 0.15) is 5.66 Å². The molecule has 0 N–H and O–H groups in total. The van der Waals surface area contributed by atoms with Crippen molar-refractivity contribution in [3.05, 3.63) is 12.2 Å². The van der Waals surface area contributed by atoms with Gasteiger partial charge in [-0.25, -0.2) is 4.99 Å². The molecule has 0 aromatic carbocycles. The van der Waals surface area contributed by atoms with Crippen molar-refractivity contribution in [3.63, 3.8) is 0 Å². The Hall–Kier alpha value is -1.36. The number of aliphatic imine (C=N–C) groups is 1. The van der Waals surface area contributed by atoms with Crippen LogP contribution >= 0.6 is 0 Å². The van der Waals surface area contributed by atoms with Crippen LogP contribution in [0, 0.1) is 5.92 Å². The van der Waals surface area contributed by atoms with E-state index in [1.165, 1.54) is 0 Å². The number of methoxy groups -OCH3 is 1. The molecule has 5 heteroatoms. The molecule has 2 heterocycles. The Morgan fingerprint density at radius 1 is 1.29 bits per heavy atom. The van der Waals surface area contributed by atoms with Gasteiger partial charge in [0.2, 0.25) is 5.91 Å². The molecule has 3 rings (SSSR count). The van der Waals surface area contributed by atoms with Crippen LogP contribution in [0.25, 0.3) is 0 Å². The average Bonchev–Trinajstić information content (AvgIpc) is 2.55. The fourth-order valence-corrected chi connectivity index (χ4v) is 4.10. The third kappa shape index (κ3) is 3.37. The first-order chi connectivity index (χ1) is 11.6. The smallest absolute Gasteiger partial charge is 0.222 e. The SMILES string of the molecule is CO/C(=N\C1(N2CCC(N3CCCCC3=O)CC2)C=CC1)C(C)C. The summed E-state index contributed by atoms with van der Waals surface area (Å²) in [7, 11) is 1.71. The molecule has 2 fully saturated rings. The minimum Gasteiger partial charge on any atom is -0.484 e. The second-order valence-corrected chi connectivity index (χ2v) is 7.56. The molecule has 0 spiro atoms. The first kappa shape index (κ1) is 17.5. The maximum Gasteiger partial charge on any atom is 0.222 e. The number of ether oxygens (including phenoxy) is 1. The van der Waals surface area contributed by atoms with E-state index in [1.54, 1.807) is 7.11 Å². The molecule has 134 valence electrons. The highest BCUT2D eigenvalue weighted by molar-refractivity contribution is 5.79. The lowest BCUT2D eigenvalue weighted by Gasteiger charge is -2.48. The molecule has 24 heavy (non-hydrogen) atoms. The van der Waals surface area contributed by atoms with Crippen molar-refractivity contribution >= 4 is 11.8 Å². The van der Waals surface area contributed by atoms with Crippen molar-refractivity contribution in [2.75, 3.05) is 26.7 Å². The van der Waals surface area contributed by atoms with Crippen LogP contribution in [0.4, 0.5) is 0 Å². The lowest BCUT2D eigenvalue weighted by atomic mass is 9.89. The molecule has 0 radical (unpaired) electrons. The van der Waals surface area contributed by atoms with Crippen LogP contribution in [0.5, 0.6) is 0 Å². The number of hydrogen-bond donors (Lipinski definition) is 0. The van der Waals surface area contributed by atoms with E-state index in [0.29, 0.717) is 17.9 Å². The van der Waals surface area contributed by atoms with Gasteiger partial charge >= 0.3 is 0 Å². The minimum atomic E-state index is -0.216. The zero-order valence-electron chi connectivity index (χ0n) is 15.3. The van der Waals surface area contributed by atoms with Crippen LogP contribution in [0.3, 0.4) is 0 Å². The van der Waals surface area contributed by atoms with E-state index in [9.17, 15) is 4.79 Å². The maximum absolute atomic E-state index is 12.2. The Kier molecular flexibility index (Phi) is 5.28. The van der Waals surface area contributed by atoms with Gasteiger partial charge in [0.25, 0.3) is 0 Å². The minimum absolute atomic E-state index is 0.216. The first-order valence-electron chi connectivity index (χ1n) is 9.42. The van der Waals surface area contributed by atoms with E-state index in [-0.39, 0.29) is 5.66 Å². The summed E-state index contributed by atoms with van der Waals surface area (Å²) in [5, 5.41) is 0. The second kappa shape index (κ2) is 7.26. The monoisotopic (exact) mass is 333 g/mol. The molecule has 0 bridgehead atoms. The number of rotatable bonds is 4. The summed E-state index contributed by atoms with van der Waals surface area (Å²) in [5.41, 5.74) is -0.216. The van der Waals surface area contributed by atoms with Gasteiger partial charge in [-0.3, -0.25) is 9.69 Å². The van der Waals surface area contributed by atoms with Gasteiger partial charge in [-0.1, -0.05) is 19.9 Å². The number of hydrogen-bond acceptors (Lipinski definition) is 4. The third-order valence-electron chi connectivity index (χ3n) is 5.62. The molecular formula is C19H31N3O2. The number of carbonyl (C=O) groups excluding carboxylic acids is 1. The zero-order chi connectivity index (χ0) is 17.2. The van der Waals surface area contributed by atoms with E-state index in [1.807, 2.05) is 0 Å². The average molecular weight is 333 g/mol. The van der Waals surface area contributed by atoms with E-state index in [4.69, 9.17) is 9.73 Å². The van der Waals surface area contributed by atoms with Crippen molar-refractivity contribution < 1.29 is 9.53 Å². The largest absolute Gasteiger partial charge is 0.484 e. The van der Waals surface area contributed by atoms with Gasteiger partial charge in [-0.15, -0.1) is 0 Å². The van der Waals surface area contributed by atoms with Gasteiger partial charge in [-0.2, -0.15) is 0 Å². The van der Waals surface area contributed by atoms with Crippen molar-refractivity contribution in [3.8, 4) is 0 Å². The molecule has 0 aromatic heterocycles. The molecule has 0 saturated carbocycles. The van der Waals surface area contributed by atoms with Crippen LogP contribution in [-0.4, -0.2) is 60.1 Å². The molecule has 2 saturated heterocycles. The molecule has 1 amide bonds. The zero-order valence-corrected chi connectivity index (χ0v) is 15.3. The van der Waals surface area contributed by atoms with Gasteiger partial charge < -0.3 is 9.64 Å². The molecular weight excluding hydrogens is 302 g/mol. The normalized spacial score (nSPS) is 29.9. The summed E-state index contributed by atoms with van der Waals surface area (Å²) >= 11 is 0. The topological polar surface area (TPSA) is 45.1 Å². The Bertz CT molecular complexity index is 521. The summed E-state index contributed by atoms with van der Waals surface area (Å²) in [6, 6.07) is 0.422. The van der Waals surface area contributed by atoms with Crippen LogP contribution in [0.15, 0.2) is 17.1 Å². The van der Waals surface area contributed by atoms with Crippen LogP contribution in [-0.2, 0) is 9.53 Å². The lowest BCUT2D eigenvalue weighted by Crippen LogP contribution is -2.56. The lowest BCUT2D eigenvalue weighted by molar-refractivity contribution is -0.137. The third-order valence-corrected chi connectivity index (χ3v) is 5.62. The Morgan fingerprint density at radius 3 is 2.50 bits per heavy atom. The van der Waals surface area contributed by atoms with Crippen molar-refractivity contribution in [1.29, 1.82) is 0 Å². The molecule has 3 aliphatic rings. The number of piperidine rings is 2. The standard InChI is InChI=1S/C19H31N3O2/c1-15(2)18(24-3)20-19(10-6-11-19)21-13-8-16(9-14-21)22-12-5-4-7-17(22)23/h6,10,15-16H,4-5,7-9,11-14H2,1-3H3/b20-18-. The quantitative estimate of drug-likeness (QED) is 0.451. The number of carbonyl (C=O) groups is 1. The fraction of sp³-hybridized carbons (Fsp3) is 0.789. The maximum atomic E-state index is 12.2. The number of amides is 1. The second-order valence-electron chi connectivity index (χ2n) is 7.56. The fourth-order valence-electron chi connectivity index (χ4n) is 4.10. The van der Waals surface area contributed by atoms with Gasteiger partial charge in [0.05, 0.1) is 7.11 Å². The molecule has 0 aromatic rings. The summed E-state index contributed by atoms with van der Waals surface area (Å²) < 4.78 is 5.50. The Balaban J connectivity index is 1.65. The predicted octanol–water partition coefficient (Wildman–Crippen LogP) is 2.82. The summed E-state index contributed by atoms with van der Waals surface area (Å²) in [4.78, 5) is 21.7. The van der Waals surface area contributed by atoms with Gasteiger partial charge in [0.15, 0.2) is 5.90 Å². The number of likely N-dealkylation sites (tertiary alicyclic amines) is 2. The first-order valence-corrected chi connectivity index (χ1v) is 9.42. The molecule has 1 unspecified atom stereocenters. The van der Waals surface area contributed by atoms with Crippen molar-refractivity contribution in [1.82, 2.24) is 9.80 Å². The molecule has 1 atom stereocenters. The summed E-state index contributed by atoms with van der Waals surface area (Å²) in [6.45, 7) is 7.18. The summed E-state index contributed by atoms with van der Waals surface area (Å²) in [5.74, 6) is 1.48. The van der Waals surface area contributed by atoms with Crippen LogP contribution in [0.1, 0.15) is 52.4 Å². The summed E-state index contributed by atoms with van der Waals surface area (Å²) in [6.07, 6.45) is 10.4. The van der Waals surface area contributed by atoms with Crippen molar-refractivity contribution in [2.24, 2.45) is 10.9 Å². The van der Waals surface area contributed by atoms with Crippen LogP contribution < -0.4 is 0 Å². The highest BCUT2D eigenvalue weighted by Gasteiger charge is 2.41. The van der Waals surface area contributed by atoms with Crippen LogP contribution in [0.2, 0.25) is 0 Å². The highest BCUT2D eigenvalue weighted by atomic mass is 16.5. The van der Waals surface area contributed by atoms with E-state index >= 15 is 0 Å². The van der Waals surface area contributed by atoms with E-state index < -0.39 is 0 Å². The Labute approximate surface area is 145 Å². The molecule has 1 aliphatic carbocycles. The predicted molar refractivity (Wildman–Crippen MR) is 95.9 cm³/mol. The molecule has 2 aliphatic heterocycles. The van der Waals surface area contributed by atoms with Crippen molar-refractivity contribution in [2.45, 2.75) is 64.1 Å². The van der Waals surface area contributed by atoms with E-state index in [0.717, 1.165) is 64.1 Å².